The number of nitrogens with two attached hydrogens (primary N) is 1. The number of rotatable bonds is 2. The minimum absolute atomic E-state index is 0. The smallest absolute Gasteiger partial charge is 0.244 e. The van der Waals surface area contributed by atoms with Crippen LogP contribution in [-0.4, -0.2) is 31.9 Å². The first-order valence-corrected chi connectivity index (χ1v) is 7.35. The van der Waals surface area contributed by atoms with Crippen LogP contribution in [0.25, 0.3) is 0 Å². The van der Waals surface area contributed by atoms with E-state index in [4.69, 9.17) is 17.3 Å². The summed E-state index contributed by atoms with van der Waals surface area (Å²) in [5, 5.41) is -0.0985. The summed E-state index contributed by atoms with van der Waals surface area (Å²) in [7, 11) is -3.69. The normalized spacial score (nSPS) is 20.3. The highest BCUT2D eigenvalue weighted by molar-refractivity contribution is 7.89. The highest BCUT2D eigenvalue weighted by Gasteiger charge is 2.32. The van der Waals surface area contributed by atoms with Crippen LogP contribution in [-0.2, 0) is 10.0 Å². The summed E-state index contributed by atoms with van der Waals surface area (Å²) < 4.78 is 39.2. The maximum Gasteiger partial charge on any atom is 0.244 e. The third-order valence-corrected chi connectivity index (χ3v) is 5.35. The minimum Gasteiger partial charge on any atom is -0.326 e. The molecule has 0 bridgehead atoms. The quantitative estimate of drug-likeness (QED) is 0.902. The average molecular weight is 329 g/mol. The predicted molar refractivity (Wildman–Crippen MR) is 74.7 cm³/mol. The number of halogens is 3. The van der Waals surface area contributed by atoms with Crippen molar-refractivity contribution in [1.82, 2.24) is 4.31 Å². The molecule has 0 aliphatic carbocycles. The van der Waals surface area contributed by atoms with Crippen molar-refractivity contribution < 1.29 is 12.8 Å². The Balaban J connectivity index is 0.00000180. The molecule has 1 aliphatic heterocycles. The predicted octanol–water partition coefficient (Wildman–Crippen LogP) is 1.93. The van der Waals surface area contributed by atoms with Gasteiger partial charge < -0.3 is 5.73 Å². The first kappa shape index (κ1) is 16.7. The van der Waals surface area contributed by atoms with Gasteiger partial charge in [-0.05, 0) is 31.0 Å². The molecule has 1 aromatic rings. The largest absolute Gasteiger partial charge is 0.326 e. The number of hydrogen-bond acceptors (Lipinski definition) is 3. The molecule has 1 aromatic carbocycles. The molecule has 2 N–H and O–H groups in total. The van der Waals surface area contributed by atoms with Crippen molar-refractivity contribution in [2.24, 2.45) is 5.73 Å². The summed E-state index contributed by atoms with van der Waals surface area (Å²) in [4.78, 5) is -0.0582. The summed E-state index contributed by atoms with van der Waals surface area (Å²) in [5.41, 5.74) is 5.94. The molecule has 108 valence electrons. The first-order valence-electron chi connectivity index (χ1n) is 5.53. The van der Waals surface area contributed by atoms with Gasteiger partial charge in [-0.3, -0.25) is 0 Å². The van der Waals surface area contributed by atoms with Crippen LogP contribution in [0.1, 0.15) is 12.0 Å². The van der Waals surface area contributed by atoms with E-state index in [2.05, 4.69) is 0 Å². The van der Waals surface area contributed by atoms with Gasteiger partial charge in [0.15, 0.2) is 0 Å². The fourth-order valence-corrected chi connectivity index (χ4v) is 4.03. The fraction of sp³-hybridized carbons (Fsp3) is 0.455. The van der Waals surface area contributed by atoms with E-state index < -0.39 is 15.8 Å². The van der Waals surface area contributed by atoms with E-state index in [-0.39, 0.29) is 40.5 Å². The Morgan fingerprint density at radius 3 is 2.63 bits per heavy atom. The Morgan fingerprint density at radius 2 is 2.11 bits per heavy atom. The van der Waals surface area contributed by atoms with Gasteiger partial charge in [-0.2, -0.15) is 4.31 Å². The molecule has 0 aromatic heterocycles. The molecule has 1 aliphatic rings. The van der Waals surface area contributed by atoms with E-state index in [0.29, 0.717) is 13.0 Å². The van der Waals surface area contributed by atoms with E-state index >= 15 is 0 Å². The molecule has 0 unspecified atom stereocenters. The van der Waals surface area contributed by atoms with E-state index in [0.717, 1.165) is 6.07 Å². The maximum atomic E-state index is 13.3. The number of benzene rings is 1. The molecular weight excluding hydrogens is 314 g/mol. The summed E-state index contributed by atoms with van der Waals surface area (Å²) in [5.74, 6) is -0.517. The Kier molecular flexibility index (Phi) is 5.20. The third-order valence-electron chi connectivity index (χ3n) is 3.02. The lowest BCUT2D eigenvalue weighted by Gasteiger charge is -2.17. The number of hydrogen-bond donors (Lipinski definition) is 1. The van der Waals surface area contributed by atoms with Gasteiger partial charge in [-0.1, -0.05) is 11.6 Å². The van der Waals surface area contributed by atoms with Crippen LogP contribution in [0.3, 0.4) is 0 Å². The number of aryl methyl sites for hydroxylation is 1. The molecule has 1 atom stereocenters. The van der Waals surface area contributed by atoms with Crippen molar-refractivity contribution in [3.63, 3.8) is 0 Å². The van der Waals surface area contributed by atoms with Crippen LogP contribution >= 0.6 is 24.0 Å². The van der Waals surface area contributed by atoms with Crippen LogP contribution in [0.5, 0.6) is 0 Å². The Morgan fingerprint density at radius 1 is 1.47 bits per heavy atom. The van der Waals surface area contributed by atoms with Crippen molar-refractivity contribution in [1.29, 1.82) is 0 Å². The molecule has 4 nitrogen and oxygen atoms in total. The molecule has 8 heteroatoms. The molecule has 19 heavy (non-hydrogen) atoms. The number of nitrogens with zero attached hydrogens (tertiary/aromatic N) is 1. The summed E-state index contributed by atoms with van der Waals surface area (Å²) >= 11 is 5.82. The molecular formula is C11H15Cl2FN2O2S. The molecule has 0 amide bonds. The summed E-state index contributed by atoms with van der Waals surface area (Å²) in [6.45, 7) is 2.14. The zero-order valence-electron chi connectivity index (χ0n) is 10.3. The lowest BCUT2D eigenvalue weighted by molar-refractivity contribution is 0.472. The molecule has 1 saturated heterocycles. The monoisotopic (exact) mass is 328 g/mol. The van der Waals surface area contributed by atoms with E-state index in [1.54, 1.807) is 0 Å². The molecule has 0 spiro atoms. The lowest BCUT2D eigenvalue weighted by Crippen LogP contribution is -2.32. The van der Waals surface area contributed by atoms with Gasteiger partial charge in [0.2, 0.25) is 10.0 Å². The van der Waals surface area contributed by atoms with Crippen molar-refractivity contribution in [2.45, 2.75) is 24.3 Å². The highest BCUT2D eigenvalue weighted by atomic mass is 35.5. The van der Waals surface area contributed by atoms with Crippen molar-refractivity contribution in [3.05, 3.63) is 28.5 Å². The van der Waals surface area contributed by atoms with Gasteiger partial charge in [0.25, 0.3) is 0 Å². The number of sulfonamides is 1. The van der Waals surface area contributed by atoms with Crippen LogP contribution in [0.4, 0.5) is 4.39 Å². The minimum atomic E-state index is -3.69. The van der Waals surface area contributed by atoms with E-state index in [1.807, 2.05) is 0 Å². The van der Waals surface area contributed by atoms with Crippen LogP contribution < -0.4 is 5.73 Å². The van der Waals surface area contributed by atoms with E-state index in [1.165, 1.54) is 17.3 Å². The zero-order valence-corrected chi connectivity index (χ0v) is 12.7. The van der Waals surface area contributed by atoms with Gasteiger partial charge in [0, 0.05) is 19.1 Å². The highest BCUT2D eigenvalue weighted by Crippen LogP contribution is 2.29. The van der Waals surface area contributed by atoms with Crippen molar-refractivity contribution in [3.8, 4) is 0 Å². The standard InChI is InChI=1S/C11H14ClFN2O2S.ClH/c1-7-4-11(9(12)5-10(7)13)18(16,17)15-3-2-8(14)6-15;/h4-5,8H,2-3,6,14H2,1H3;1H/t8-;/m1./s1. The lowest BCUT2D eigenvalue weighted by atomic mass is 10.2. The molecule has 2 rings (SSSR count). The van der Waals surface area contributed by atoms with Crippen LogP contribution in [0, 0.1) is 12.7 Å². The summed E-state index contributed by atoms with van der Waals surface area (Å²) in [6, 6.07) is 2.14. The van der Waals surface area contributed by atoms with Crippen molar-refractivity contribution >= 4 is 34.0 Å². The van der Waals surface area contributed by atoms with E-state index in [9.17, 15) is 12.8 Å². The molecule has 0 saturated carbocycles. The van der Waals surface area contributed by atoms with Gasteiger partial charge in [0.05, 0.1) is 5.02 Å². The zero-order chi connectivity index (χ0) is 13.5. The van der Waals surface area contributed by atoms with Crippen LogP contribution in [0.15, 0.2) is 17.0 Å². The van der Waals surface area contributed by atoms with Gasteiger partial charge >= 0.3 is 0 Å². The molecule has 1 heterocycles. The maximum absolute atomic E-state index is 13.3. The van der Waals surface area contributed by atoms with Gasteiger partial charge in [0.1, 0.15) is 10.7 Å². The summed E-state index contributed by atoms with van der Waals surface area (Å²) in [6.07, 6.45) is 0.622. The molecule has 1 fully saturated rings. The third kappa shape index (κ3) is 3.20. The first-order chi connectivity index (χ1) is 8.32. The second-order valence-electron chi connectivity index (χ2n) is 4.44. The Labute approximate surface area is 123 Å². The topological polar surface area (TPSA) is 63.4 Å². The SMILES string of the molecule is Cc1cc(S(=O)(=O)N2CC[C@@H](N)C2)c(Cl)cc1F.Cl. The van der Waals surface area contributed by atoms with Crippen LogP contribution in [0.2, 0.25) is 5.02 Å². The fourth-order valence-electron chi connectivity index (χ4n) is 1.94. The second kappa shape index (κ2) is 5.93. The van der Waals surface area contributed by atoms with Crippen molar-refractivity contribution in [2.75, 3.05) is 13.1 Å². The average Bonchev–Trinajstić information content (AvgIpc) is 2.70. The van der Waals surface area contributed by atoms with Gasteiger partial charge in [-0.25, -0.2) is 12.8 Å². The Bertz CT molecular complexity index is 580. The Hall–Kier alpha value is -0.400. The second-order valence-corrected chi connectivity index (χ2v) is 6.76. The molecule has 0 radical (unpaired) electrons. The van der Waals surface area contributed by atoms with Gasteiger partial charge in [-0.15, -0.1) is 12.4 Å².